The van der Waals surface area contributed by atoms with Gasteiger partial charge >= 0.3 is 6.18 Å². The number of para-hydroxylation sites is 2. The van der Waals surface area contributed by atoms with E-state index in [-0.39, 0.29) is 61.9 Å². The summed E-state index contributed by atoms with van der Waals surface area (Å²) >= 11 is 0. The Morgan fingerprint density at radius 2 is 0.696 bits per heavy atom. The van der Waals surface area contributed by atoms with E-state index in [4.69, 9.17) is 30.4 Å². The molecule has 0 aliphatic heterocycles. The zero-order valence-corrected chi connectivity index (χ0v) is 36.6. The molecule has 4 N–H and O–H groups in total. The number of rotatable bonds is 15. The number of hydrogen-bond donors (Lipinski definition) is 2. The number of hydrogen-bond acceptors (Lipinski definition) is 8. The van der Waals surface area contributed by atoms with E-state index in [1.807, 2.05) is 0 Å². The summed E-state index contributed by atoms with van der Waals surface area (Å²) in [5.41, 5.74) is 9.56. The van der Waals surface area contributed by atoms with Crippen LogP contribution in [0.25, 0.3) is 0 Å². The van der Waals surface area contributed by atoms with E-state index in [0.29, 0.717) is 34.4 Å². The fraction of sp³-hybridized carbons (Fsp3) is 0.0345. The van der Waals surface area contributed by atoms with Gasteiger partial charge in [0.1, 0.15) is 51.4 Å². The lowest BCUT2D eigenvalue weighted by Gasteiger charge is -2.39. The van der Waals surface area contributed by atoms with Crippen molar-refractivity contribution in [1.82, 2.24) is 0 Å². The Morgan fingerprint density at radius 1 is 0.348 bits per heavy atom. The second-order valence-electron chi connectivity index (χ2n) is 15.9. The molecule has 0 aliphatic rings. The van der Waals surface area contributed by atoms with Crippen LogP contribution in [0.5, 0.6) is 46.0 Å². The summed E-state index contributed by atoms with van der Waals surface area (Å²) in [5, 5.41) is 0. The molecule has 9 aromatic rings. The fourth-order valence-electron chi connectivity index (χ4n) is 8.07. The maximum Gasteiger partial charge on any atom is 0.406 e. The first-order chi connectivity index (χ1) is 33.4. The van der Waals surface area contributed by atoms with Crippen LogP contribution < -0.4 is 30.4 Å². The summed E-state index contributed by atoms with van der Waals surface area (Å²) in [6.07, 6.45) is -5.12. The molecule has 0 aliphatic carbocycles. The largest absolute Gasteiger partial charge is 0.457 e. The number of halogens is 3. The molecule has 0 unspecified atom stereocenters. The molecule has 69 heavy (non-hydrogen) atoms. The van der Waals surface area contributed by atoms with Gasteiger partial charge in [0.15, 0.2) is 11.6 Å². The van der Waals surface area contributed by atoms with Gasteiger partial charge in [-0.2, -0.15) is 13.2 Å². The number of nitrogens with two attached hydrogens (primary N) is 2. The highest BCUT2D eigenvalue weighted by atomic mass is 19.4. The molecule has 9 rings (SSSR count). The SMILES string of the molecule is Nc1cccc(Oc2ccc(C(=O)c3ccc(C(c4ccccc4)(c4ccc(C(=O)c5ccc(Oc6cccc(N)c6)cc5)cc4Oc4ccccc4)C(F)(F)F)c(Oc4ccccc4)c3)cc2)c1. The van der Waals surface area contributed by atoms with Crippen LogP contribution >= 0.6 is 0 Å². The van der Waals surface area contributed by atoms with Crippen molar-refractivity contribution >= 4 is 22.9 Å². The quantitative estimate of drug-likeness (QED) is 0.0592. The Hall–Kier alpha value is -9.09. The Labute approximate surface area is 395 Å². The summed E-state index contributed by atoms with van der Waals surface area (Å²) in [6.45, 7) is 0. The number of benzene rings is 9. The molecule has 0 bridgehead atoms. The Morgan fingerprint density at radius 3 is 1.07 bits per heavy atom. The van der Waals surface area contributed by atoms with Crippen molar-refractivity contribution in [3.05, 3.63) is 263 Å². The van der Waals surface area contributed by atoms with Crippen LogP contribution in [0.2, 0.25) is 0 Å². The molecule has 8 nitrogen and oxygen atoms in total. The third kappa shape index (κ3) is 9.75. The fourth-order valence-corrected chi connectivity index (χ4v) is 8.07. The first kappa shape index (κ1) is 45.1. The lowest BCUT2D eigenvalue weighted by atomic mass is 9.67. The topological polar surface area (TPSA) is 123 Å². The molecule has 0 saturated heterocycles. The highest BCUT2D eigenvalue weighted by Gasteiger charge is 2.61. The molecular formula is C58H41F3N2O6. The van der Waals surface area contributed by atoms with Crippen LogP contribution in [-0.4, -0.2) is 17.7 Å². The van der Waals surface area contributed by atoms with Crippen LogP contribution in [0.4, 0.5) is 24.5 Å². The molecule has 9 aromatic carbocycles. The molecule has 0 amide bonds. The maximum absolute atomic E-state index is 17.1. The molecule has 0 aromatic heterocycles. The van der Waals surface area contributed by atoms with Crippen LogP contribution in [-0.2, 0) is 5.41 Å². The summed E-state index contributed by atoms with van der Waals surface area (Å²) in [7, 11) is 0. The van der Waals surface area contributed by atoms with Gasteiger partial charge in [-0.15, -0.1) is 0 Å². The van der Waals surface area contributed by atoms with Gasteiger partial charge in [0.25, 0.3) is 0 Å². The van der Waals surface area contributed by atoms with E-state index >= 15 is 13.2 Å². The second-order valence-corrected chi connectivity index (χ2v) is 15.9. The van der Waals surface area contributed by atoms with Gasteiger partial charge in [0, 0.05) is 56.9 Å². The number of carbonyl (C=O) groups excluding carboxylic acids is 2. The minimum absolute atomic E-state index is 0.0596. The lowest BCUT2D eigenvalue weighted by Crippen LogP contribution is -2.45. The molecule has 0 atom stereocenters. The Bertz CT molecular complexity index is 3070. The molecule has 0 fully saturated rings. The molecule has 340 valence electrons. The highest BCUT2D eigenvalue weighted by Crippen LogP contribution is 2.57. The molecule has 11 heteroatoms. The maximum atomic E-state index is 17.1. The average Bonchev–Trinajstić information content (AvgIpc) is 3.35. The lowest BCUT2D eigenvalue weighted by molar-refractivity contribution is -0.167. The van der Waals surface area contributed by atoms with Crippen molar-refractivity contribution in [2.45, 2.75) is 11.6 Å². The minimum atomic E-state index is -5.12. The van der Waals surface area contributed by atoms with Crippen LogP contribution in [0.15, 0.2) is 224 Å². The normalized spacial score (nSPS) is 11.3. The summed E-state index contributed by atoms with van der Waals surface area (Å²) in [4.78, 5) is 28.5. The van der Waals surface area contributed by atoms with Gasteiger partial charge in [0.05, 0.1) is 0 Å². The first-order valence-electron chi connectivity index (χ1n) is 21.7. The van der Waals surface area contributed by atoms with Crippen LogP contribution in [0.1, 0.15) is 48.5 Å². The van der Waals surface area contributed by atoms with Crippen molar-refractivity contribution < 1.29 is 41.7 Å². The molecule has 0 spiro atoms. The predicted octanol–water partition coefficient (Wildman–Crippen LogP) is 14.4. The van der Waals surface area contributed by atoms with Crippen molar-refractivity contribution in [2.75, 3.05) is 11.5 Å². The Kier molecular flexibility index (Phi) is 12.7. The van der Waals surface area contributed by atoms with Gasteiger partial charge in [-0.1, -0.05) is 103 Å². The van der Waals surface area contributed by atoms with E-state index in [9.17, 15) is 9.59 Å². The number of ether oxygens (including phenoxy) is 4. The van der Waals surface area contributed by atoms with Crippen LogP contribution in [0.3, 0.4) is 0 Å². The first-order valence-corrected chi connectivity index (χ1v) is 21.7. The van der Waals surface area contributed by atoms with E-state index in [1.165, 1.54) is 60.7 Å². The van der Waals surface area contributed by atoms with E-state index < -0.39 is 23.2 Å². The summed E-state index contributed by atoms with van der Waals surface area (Å²) < 4.78 is 75.9. The third-order valence-electron chi connectivity index (χ3n) is 11.3. The summed E-state index contributed by atoms with van der Waals surface area (Å²) in [5.74, 6) is 0.883. The molecule has 0 saturated carbocycles. The smallest absolute Gasteiger partial charge is 0.406 e. The highest BCUT2D eigenvalue weighted by molar-refractivity contribution is 6.10. The number of nitrogen functional groups attached to an aromatic ring is 2. The monoisotopic (exact) mass is 918 g/mol. The number of ketones is 2. The van der Waals surface area contributed by atoms with Gasteiger partial charge in [0.2, 0.25) is 0 Å². The van der Waals surface area contributed by atoms with E-state index in [1.54, 1.807) is 164 Å². The zero-order chi connectivity index (χ0) is 48.0. The number of carbonyl (C=O) groups is 2. The summed E-state index contributed by atoms with van der Waals surface area (Å²) in [6, 6.07) is 58.5. The van der Waals surface area contributed by atoms with E-state index in [2.05, 4.69) is 0 Å². The molecule has 0 radical (unpaired) electrons. The van der Waals surface area contributed by atoms with Crippen molar-refractivity contribution in [3.8, 4) is 46.0 Å². The van der Waals surface area contributed by atoms with Gasteiger partial charge in [-0.3, -0.25) is 9.59 Å². The Balaban J connectivity index is 1.17. The second kappa shape index (κ2) is 19.4. The standard InChI is InChI=1S/C58H41F3N2O6/c59-58(60,61)57(42-12-4-1-5-13-42,51-32-26-40(34-53(51)68-45-16-6-2-7-17-45)55(64)38-22-28-47(29-23-38)66-49-20-10-14-43(62)36-49)52-33-27-41(35-54(52)69-46-18-8-3-9-19-46)56(65)39-24-30-48(31-25-39)67-50-21-11-15-44(63)37-50/h1-37H,62-63H2. The number of anilines is 2. The molecule has 0 heterocycles. The van der Waals surface area contributed by atoms with Crippen molar-refractivity contribution in [2.24, 2.45) is 0 Å². The number of alkyl halides is 3. The average molecular weight is 919 g/mol. The van der Waals surface area contributed by atoms with Gasteiger partial charge in [-0.25, -0.2) is 0 Å². The van der Waals surface area contributed by atoms with Crippen LogP contribution in [0, 0.1) is 0 Å². The van der Waals surface area contributed by atoms with Gasteiger partial charge < -0.3 is 30.4 Å². The third-order valence-corrected chi connectivity index (χ3v) is 11.3. The van der Waals surface area contributed by atoms with E-state index in [0.717, 1.165) is 0 Å². The molecular weight excluding hydrogens is 878 g/mol. The zero-order valence-electron chi connectivity index (χ0n) is 36.6. The van der Waals surface area contributed by atoms with Gasteiger partial charge in [-0.05, 0) is 115 Å². The minimum Gasteiger partial charge on any atom is -0.457 e. The predicted molar refractivity (Wildman–Crippen MR) is 260 cm³/mol. The van der Waals surface area contributed by atoms with Crippen molar-refractivity contribution in [1.29, 1.82) is 0 Å². The van der Waals surface area contributed by atoms with Crippen molar-refractivity contribution in [3.63, 3.8) is 0 Å².